The zero-order valence-corrected chi connectivity index (χ0v) is 12.8. The highest BCUT2D eigenvalue weighted by Crippen LogP contribution is 2.16. The van der Waals surface area contributed by atoms with Crippen molar-refractivity contribution in [1.82, 2.24) is 0 Å². The molecule has 0 amide bonds. The highest BCUT2D eigenvalue weighted by Gasteiger charge is 2.18. The molecule has 0 aliphatic heterocycles. The molecule has 0 aromatic carbocycles. The molecule has 0 aliphatic carbocycles. The Morgan fingerprint density at radius 3 is 2.28 bits per heavy atom. The van der Waals surface area contributed by atoms with Gasteiger partial charge in [-0.1, -0.05) is 39.7 Å². The molecule has 0 radical (unpaired) electrons. The van der Waals surface area contributed by atoms with Crippen LogP contribution in [0.15, 0.2) is 12.2 Å². The zero-order valence-electron chi connectivity index (χ0n) is 12.8. The summed E-state index contributed by atoms with van der Waals surface area (Å²) in [6.07, 6.45) is 4.44. The van der Waals surface area contributed by atoms with Crippen molar-refractivity contribution in [2.45, 2.75) is 60.3 Å². The third-order valence-electron chi connectivity index (χ3n) is 3.53. The minimum atomic E-state index is -0.0564. The fourth-order valence-electron chi connectivity index (χ4n) is 1.66. The fourth-order valence-corrected chi connectivity index (χ4v) is 1.66. The normalized spacial score (nSPS) is 14.3. The maximum absolute atomic E-state index is 11.6. The Morgan fingerprint density at radius 2 is 1.78 bits per heavy atom. The second kappa shape index (κ2) is 9.18. The first-order valence-electron chi connectivity index (χ1n) is 7.15. The van der Waals surface area contributed by atoms with E-state index in [9.17, 15) is 4.79 Å². The smallest absolute Gasteiger partial charge is 0.308 e. The summed E-state index contributed by atoms with van der Waals surface area (Å²) in [5.41, 5.74) is 1.25. The van der Waals surface area contributed by atoms with Gasteiger partial charge in [0, 0.05) is 0 Å². The molecule has 0 aliphatic rings. The van der Waals surface area contributed by atoms with Crippen molar-refractivity contribution < 1.29 is 9.53 Å². The van der Waals surface area contributed by atoms with Crippen molar-refractivity contribution in [1.29, 1.82) is 0 Å². The summed E-state index contributed by atoms with van der Waals surface area (Å²) >= 11 is 0. The first-order valence-corrected chi connectivity index (χ1v) is 7.15. The summed E-state index contributed by atoms with van der Waals surface area (Å²) in [6, 6.07) is 0. The predicted octanol–water partition coefficient (Wildman–Crippen LogP) is 4.59. The topological polar surface area (TPSA) is 26.3 Å². The molecule has 0 aromatic rings. The van der Waals surface area contributed by atoms with E-state index in [1.54, 1.807) is 0 Å². The van der Waals surface area contributed by atoms with Crippen LogP contribution in [0.1, 0.15) is 60.3 Å². The predicted molar refractivity (Wildman–Crippen MR) is 77.4 cm³/mol. The highest BCUT2D eigenvalue weighted by molar-refractivity contribution is 5.72. The molecular formula is C16H30O2. The molecular weight excluding hydrogens is 224 g/mol. The second-order valence-corrected chi connectivity index (χ2v) is 5.94. The molecule has 0 heterocycles. The van der Waals surface area contributed by atoms with Gasteiger partial charge in [-0.2, -0.15) is 0 Å². The number of carbonyl (C=O) groups excluding carboxylic acids is 1. The molecule has 0 aromatic heterocycles. The first kappa shape index (κ1) is 17.2. The van der Waals surface area contributed by atoms with E-state index in [2.05, 4.69) is 20.4 Å². The number of esters is 1. The molecule has 0 spiro atoms. The van der Waals surface area contributed by atoms with Crippen LogP contribution in [0, 0.1) is 17.8 Å². The van der Waals surface area contributed by atoms with Gasteiger partial charge in [-0.05, 0) is 38.0 Å². The first-order chi connectivity index (χ1) is 8.34. The van der Waals surface area contributed by atoms with Crippen molar-refractivity contribution in [3.63, 3.8) is 0 Å². The van der Waals surface area contributed by atoms with Gasteiger partial charge in [0.15, 0.2) is 0 Å². The van der Waals surface area contributed by atoms with E-state index in [-0.39, 0.29) is 11.9 Å². The van der Waals surface area contributed by atoms with Gasteiger partial charge in [-0.15, -0.1) is 6.58 Å². The summed E-state index contributed by atoms with van der Waals surface area (Å²) in [5, 5.41) is 0. The second-order valence-electron chi connectivity index (χ2n) is 5.94. The Hall–Kier alpha value is -0.790. The van der Waals surface area contributed by atoms with E-state index in [1.807, 2.05) is 20.8 Å². The minimum Gasteiger partial charge on any atom is -0.465 e. The van der Waals surface area contributed by atoms with Crippen molar-refractivity contribution in [2.24, 2.45) is 17.8 Å². The van der Waals surface area contributed by atoms with E-state index in [0.717, 1.165) is 12.8 Å². The van der Waals surface area contributed by atoms with E-state index in [0.29, 0.717) is 18.4 Å². The van der Waals surface area contributed by atoms with Gasteiger partial charge < -0.3 is 4.74 Å². The third kappa shape index (κ3) is 8.32. The minimum absolute atomic E-state index is 0.00345. The Kier molecular flexibility index (Phi) is 8.78. The Balaban J connectivity index is 3.64. The molecule has 2 atom stereocenters. The quantitative estimate of drug-likeness (QED) is 0.444. The molecule has 0 saturated carbocycles. The molecule has 2 nitrogen and oxygen atoms in total. The van der Waals surface area contributed by atoms with Gasteiger partial charge in [0.25, 0.3) is 0 Å². The van der Waals surface area contributed by atoms with Crippen LogP contribution in [0.3, 0.4) is 0 Å². The van der Waals surface area contributed by atoms with Gasteiger partial charge >= 0.3 is 5.97 Å². The number of rotatable bonds is 9. The third-order valence-corrected chi connectivity index (χ3v) is 3.53. The summed E-state index contributed by atoms with van der Waals surface area (Å²) in [4.78, 5) is 11.6. The van der Waals surface area contributed by atoms with Gasteiger partial charge in [-0.3, -0.25) is 4.79 Å². The van der Waals surface area contributed by atoms with Crippen LogP contribution in [0.25, 0.3) is 0 Å². The number of hydrogen-bond acceptors (Lipinski definition) is 2. The number of hydrogen-bond donors (Lipinski definition) is 0. The molecule has 0 fully saturated rings. The molecule has 0 unspecified atom stereocenters. The number of carbonyl (C=O) groups is 1. The van der Waals surface area contributed by atoms with Crippen LogP contribution in [0.5, 0.6) is 0 Å². The zero-order chi connectivity index (χ0) is 14.1. The van der Waals surface area contributed by atoms with Crippen molar-refractivity contribution in [3.05, 3.63) is 12.2 Å². The summed E-state index contributed by atoms with van der Waals surface area (Å²) in [6.45, 7) is 14.8. The van der Waals surface area contributed by atoms with Gasteiger partial charge in [-0.25, -0.2) is 0 Å². The Labute approximate surface area is 113 Å². The fraction of sp³-hybridized carbons (Fsp3) is 0.812. The lowest BCUT2D eigenvalue weighted by atomic mass is 9.98. The van der Waals surface area contributed by atoms with Crippen LogP contribution < -0.4 is 0 Å². The van der Waals surface area contributed by atoms with E-state index < -0.39 is 0 Å². The number of allylic oxidation sites excluding steroid dienone is 1. The summed E-state index contributed by atoms with van der Waals surface area (Å²) < 4.78 is 5.31. The van der Waals surface area contributed by atoms with Crippen LogP contribution in [0.2, 0.25) is 0 Å². The lowest BCUT2D eigenvalue weighted by molar-refractivity contribution is -0.149. The Morgan fingerprint density at radius 1 is 1.17 bits per heavy atom. The highest BCUT2D eigenvalue weighted by atomic mass is 16.5. The standard InChI is InChI=1S/C16H30O2/c1-12(2)8-7-9-14(5)10-11-18-16(17)15(6)13(3)4/h13-15H,1,7-11H2,2-6H3/t14-,15+/m1/s1. The molecule has 0 bridgehead atoms. The van der Waals surface area contributed by atoms with Crippen LogP contribution >= 0.6 is 0 Å². The van der Waals surface area contributed by atoms with E-state index in [4.69, 9.17) is 4.74 Å². The lowest BCUT2D eigenvalue weighted by Crippen LogP contribution is -2.20. The summed E-state index contributed by atoms with van der Waals surface area (Å²) in [5.74, 6) is 0.917. The lowest BCUT2D eigenvalue weighted by Gasteiger charge is -2.16. The van der Waals surface area contributed by atoms with Gasteiger partial charge in [0.2, 0.25) is 0 Å². The van der Waals surface area contributed by atoms with Crippen LogP contribution in [0.4, 0.5) is 0 Å². The van der Waals surface area contributed by atoms with Gasteiger partial charge in [0.05, 0.1) is 12.5 Å². The maximum Gasteiger partial charge on any atom is 0.308 e. The van der Waals surface area contributed by atoms with Crippen molar-refractivity contribution in [2.75, 3.05) is 6.61 Å². The van der Waals surface area contributed by atoms with Crippen molar-refractivity contribution in [3.8, 4) is 0 Å². The molecule has 2 heteroatoms. The van der Waals surface area contributed by atoms with Crippen LogP contribution in [-0.4, -0.2) is 12.6 Å². The summed E-state index contributed by atoms with van der Waals surface area (Å²) in [7, 11) is 0. The van der Waals surface area contributed by atoms with Crippen molar-refractivity contribution >= 4 is 5.97 Å². The van der Waals surface area contributed by atoms with E-state index >= 15 is 0 Å². The molecule has 0 N–H and O–H groups in total. The molecule has 0 rings (SSSR count). The Bertz CT molecular complexity index is 256. The average molecular weight is 254 g/mol. The van der Waals surface area contributed by atoms with E-state index in [1.165, 1.54) is 18.4 Å². The monoisotopic (exact) mass is 254 g/mol. The van der Waals surface area contributed by atoms with Gasteiger partial charge in [0.1, 0.15) is 0 Å². The number of ether oxygens (including phenoxy) is 1. The molecule has 18 heavy (non-hydrogen) atoms. The average Bonchev–Trinajstić information content (AvgIpc) is 2.27. The SMILES string of the molecule is C=C(C)CCC[C@@H](C)CCOC(=O)[C@@H](C)C(C)C. The molecule has 0 saturated heterocycles. The molecule has 106 valence electrons. The van der Waals surface area contributed by atoms with Crippen LogP contribution in [-0.2, 0) is 9.53 Å². The largest absolute Gasteiger partial charge is 0.465 e. The maximum atomic E-state index is 11.6.